The topological polar surface area (TPSA) is 63.3 Å². The van der Waals surface area contributed by atoms with Crippen molar-refractivity contribution in [2.75, 3.05) is 0 Å². The van der Waals surface area contributed by atoms with Crippen LogP contribution in [-0.4, -0.2) is 15.9 Å². The molecule has 0 aliphatic carbocycles. The smallest absolute Gasteiger partial charge is 0.162 e. The average molecular weight is 789 g/mol. The first-order valence-corrected chi connectivity index (χ1v) is 16.1. The molecule has 5 heteroatoms. The predicted molar refractivity (Wildman–Crippen MR) is 187 cm³/mol. The second-order valence-electron chi connectivity index (χ2n) is 11.5. The second-order valence-corrected chi connectivity index (χ2v) is 11.5. The van der Waals surface area contributed by atoms with Crippen LogP contribution >= 0.6 is 0 Å². The van der Waals surface area contributed by atoms with Gasteiger partial charge in [-0.3, -0.25) is 4.79 Å². The number of pyridine rings is 1. The Labute approximate surface area is 285 Å². The first-order chi connectivity index (χ1) is 21.9. The summed E-state index contributed by atoms with van der Waals surface area (Å²) in [6.07, 6.45) is 6.73. The molecule has 0 spiro atoms. The minimum atomic E-state index is 0. The number of rotatable bonds is 9. The van der Waals surface area contributed by atoms with E-state index in [0.29, 0.717) is 0 Å². The standard InChI is InChI=1S/C28H18NO.C13H24O2.Ir/c1-18-19(9-6-10-20(18)25-13-4-5-17-29-25)21-11-7-12-23-22(21)15-16-27-28(23)24-8-2-3-14-26(24)30-27;1-5-10(6-2)12(14)9-13(15)11(7-3)8-4;/h2-9,11-17H,1H3;9-11,14H,5-8H2,1-4H3;/q-1;;/b;12-9-;. The van der Waals surface area contributed by atoms with Gasteiger partial charge in [-0.15, -0.1) is 29.3 Å². The number of aliphatic hydroxyl groups excluding tert-OH is 1. The number of allylic oxidation sites excluding steroid dienone is 2. The van der Waals surface area contributed by atoms with Crippen molar-refractivity contribution in [2.24, 2.45) is 11.8 Å². The van der Waals surface area contributed by atoms with Gasteiger partial charge in [0.05, 0.1) is 5.76 Å². The van der Waals surface area contributed by atoms with Gasteiger partial charge in [0.25, 0.3) is 0 Å². The van der Waals surface area contributed by atoms with E-state index in [0.717, 1.165) is 53.5 Å². The Kier molecular flexibility index (Phi) is 12.1. The first kappa shape index (κ1) is 34.8. The maximum absolute atomic E-state index is 11.7. The minimum absolute atomic E-state index is 0. The van der Waals surface area contributed by atoms with E-state index in [2.05, 4.69) is 66.5 Å². The van der Waals surface area contributed by atoms with Gasteiger partial charge < -0.3 is 14.5 Å². The van der Waals surface area contributed by atoms with E-state index in [-0.39, 0.29) is 43.5 Å². The molecule has 6 rings (SSSR count). The summed E-state index contributed by atoms with van der Waals surface area (Å²) < 4.78 is 6.09. The summed E-state index contributed by atoms with van der Waals surface area (Å²) in [5.74, 6) is 0.547. The number of ketones is 1. The molecule has 0 fully saturated rings. The van der Waals surface area contributed by atoms with Crippen LogP contribution in [0.5, 0.6) is 0 Å². The van der Waals surface area contributed by atoms with Gasteiger partial charge in [0.15, 0.2) is 5.78 Å². The van der Waals surface area contributed by atoms with Crippen LogP contribution < -0.4 is 0 Å². The van der Waals surface area contributed by atoms with Crippen LogP contribution in [0.3, 0.4) is 0 Å². The quantitative estimate of drug-likeness (QED) is 0.0900. The maximum Gasteiger partial charge on any atom is 0.162 e. The van der Waals surface area contributed by atoms with E-state index in [1.54, 1.807) is 0 Å². The van der Waals surface area contributed by atoms with Gasteiger partial charge in [-0.2, -0.15) is 0 Å². The third kappa shape index (κ3) is 7.17. The molecule has 1 N–H and O–H groups in total. The number of hydrogen-bond acceptors (Lipinski definition) is 4. The molecule has 4 aromatic carbocycles. The van der Waals surface area contributed by atoms with Crippen molar-refractivity contribution in [3.63, 3.8) is 0 Å². The number of furan rings is 1. The molecule has 0 aliphatic heterocycles. The van der Waals surface area contributed by atoms with Crippen LogP contribution in [0.4, 0.5) is 0 Å². The predicted octanol–water partition coefficient (Wildman–Crippen LogP) is 11.4. The summed E-state index contributed by atoms with van der Waals surface area (Å²) in [6.45, 7) is 10.2. The van der Waals surface area contributed by atoms with Gasteiger partial charge in [-0.1, -0.05) is 94.8 Å². The third-order valence-corrected chi connectivity index (χ3v) is 8.95. The Bertz CT molecular complexity index is 1950. The first-order valence-electron chi connectivity index (χ1n) is 16.1. The number of carbonyl (C=O) groups excluding carboxylic acids is 1. The molecular weight excluding hydrogens is 747 g/mol. The molecule has 0 saturated carbocycles. The summed E-state index contributed by atoms with van der Waals surface area (Å²) in [5.41, 5.74) is 7.43. The van der Waals surface area contributed by atoms with Crippen LogP contribution in [-0.2, 0) is 24.9 Å². The van der Waals surface area contributed by atoms with Crippen molar-refractivity contribution >= 4 is 38.5 Å². The summed E-state index contributed by atoms with van der Waals surface area (Å²) >= 11 is 0. The molecule has 6 aromatic rings. The Morgan fingerprint density at radius 1 is 0.783 bits per heavy atom. The van der Waals surface area contributed by atoms with Crippen LogP contribution in [0.15, 0.2) is 107 Å². The van der Waals surface area contributed by atoms with E-state index < -0.39 is 0 Å². The molecule has 2 heterocycles. The minimum Gasteiger partial charge on any atom is -0.512 e. The average Bonchev–Trinajstić information content (AvgIpc) is 3.46. The molecular formula is C41H42IrNO3-. The largest absolute Gasteiger partial charge is 0.512 e. The zero-order valence-electron chi connectivity index (χ0n) is 27.3. The zero-order valence-corrected chi connectivity index (χ0v) is 29.7. The molecule has 0 saturated heterocycles. The summed E-state index contributed by atoms with van der Waals surface area (Å²) in [7, 11) is 0. The number of nitrogens with zero attached hydrogens (tertiary/aromatic N) is 1. The molecule has 0 amide bonds. The van der Waals surface area contributed by atoms with Crippen molar-refractivity contribution < 1.29 is 34.4 Å². The molecule has 4 nitrogen and oxygen atoms in total. The van der Waals surface area contributed by atoms with Crippen molar-refractivity contribution in [1.82, 2.24) is 4.98 Å². The van der Waals surface area contributed by atoms with Crippen LogP contribution in [0.2, 0.25) is 0 Å². The molecule has 0 atom stereocenters. The number of hydrogen-bond donors (Lipinski definition) is 1. The van der Waals surface area contributed by atoms with Crippen molar-refractivity contribution in [1.29, 1.82) is 0 Å². The van der Waals surface area contributed by atoms with E-state index in [4.69, 9.17) is 4.42 Å². The Balaban J connectivity index is 0.000000259. The van der Waals surface area contributed by atoms with Gasteiger partial charge in [0.2, 0.25) is 0 Å². The van der Waals surface area contributed by atoms with Gasteiger partial charge >= 0.3 is 0 Å². The Morgan fingerprint density at radius 3 is 2.17 bits per heavy atom. The molecule has 1 radical (unpaired) electrons. The number of carbonyl (C=O) groups is 1. The van der Waals surface area contributed by atoms with Crippen LogP contribution in [0.25, 0.3) is 55.1 Å². The molecule has 46 heavy (non-hydrogen) atoms. The summed E-state index contributed by atoms with van der Waals surface area (Å²) in [5, 5.41) is 14.5. The molecule has 0 bridgehead atoms. The monoisotopic (exact) mass is 789 g/mol. The van der Waals surface area contributed by atoms with Crippen molar-refractivity contribution in [3.8, 4) is 22.4 Å². The van der Waals surface area contributed by atoms with Crippen molar-refractivity contribution in [3.05, 3.63) is 115 Å². The SMILES string of the molecule is CCC(CC)C(=O)/C=C(\O)C(CC)CC.Cc1c(-c2ccccn2)[c-]ccc1-c1cccc2c1ccc1oc3ccccc3c12.[Ir]. The fraction of sp³-hybridized carbons (Fsp3) is 0.268. The number of benzene rings is 4. The van der Waals surface area contributed by atoms with Crippen LogP contribution in [0.1, 0.15) is 58.9 Å². The van der Waals surface area contributed by atoms with E-state index in [1.807, 2.05) is 70.3 Å². The van der Waals surface area contributed by atoms with Gasteiger partial charge in [-0.25, -0.2) is 0 Å². The van der Waals surface area contributed by atoms with E-state index in [1.165, 1.54) is 38.9 Å². The summed E-state index contributed by atoms with van der Waals surface area (Å²) in [6, 6.07) is 32.5. The molecule has 239 valence electrons. The number of fused-ring (bicyclic) bond motifs is 5. The van der Waals surface area contributed by atoms with Gasteiger partial charge in [-0.05, 0) is 65.9 Å². The number of aromatic nitrogens is 1. The Hall–Kier alpha value is -4.05. The normalized spacial score (nSPS) is 11.6. The molecule has 0 unspecified atom stereocenters. The number of aliphatic hydroxyl groups is 1. The zero-order chi connectivity index (χ0) is 31.9. The Morgan fingerprint density at radius 2 is 1.48 bits per heavy atom. The maximum atomic E-state index is 11.7. The van der Waals surface area contributed by atoms with Crippen LogP contribution in [0, 0.1) is 24.8 Å². The van der Waals surface area contributed by atoms with E-state index in [9.17, 15) is 9.90 Å². The third-order valence-electron chi connectivity index (χ3n) is 8.95. The fourth-order valence-electron chi connectivity index (χ4n) is 6.24. The van der Waals surface area contributed by atoms with Crippen molar-refractivity contribution in [2.45, 2.75) is 60.3 Å². The summed E-state index contributed by atoms with van der Waals surface area (Å²) in [4.78, 5) is 16.2. The number of para-hydroxylation sites is 1. The van der Waals surface area contributed by atoms with Gasteiger partial charge in [0.1, 0.15) is 11.2 Å². The van der Waals surface area contributed by atoms with Gasteiger partial charge in [0, 0.05) is 55.0 Å². The van der Waals surface area contributed by atoms with E-state index >= 15 is 0 Å². The fourth-order valence-corrected chi connectivity index (χ4v) is 6.24. The molecule has 2 aromatic heterocycles. The second kappa shape index (κ2) is 16.0. The molecule has 0 aliphatic rings.